The Morgan fingerprint density at radius 3 is 3.08 bits per heavy atom. The minimum Gasteiger partial charge on any atom is -0.369 e. The predicted molar refractivity (Wildman–Crippen MR) is 50.2 cm³/mol. The van der Waals surface area contributed by atoms with Crippen LogP contribution in [-0.4, -0.2) is 14.5 Å². The van der Waals surface area contributed by atoms with Crippen LogP contribution in [0.1, 0.15) is 18.9 Å². The van der Waals surface area contributed by atoms with Crippen LogP contribution in [0.3, 0.4) is 0 Å². The van der Waals surface area contributed by atoms with Gasteiger partial charge in [-0.1, -0.05) is 0 Å². The number of aromatic nitrogens is 3. The van der Waals surface area contributed by atoms with Crippen LogP contribution < -0.4 is 5.73 Å². The number of hydrogen-bond donors (Lipinski definition) is 1. The summed E-state index contributed by atoms with van der Waals surface area (Å²) in [5, 5.41) is 0. The molecule has 1 saturated carbocycles. The summed E-state index contributed by atoms with van der Waals surface area (Å²) in [5.41, 5.74) is 7.82. The molecule has 1 aliphatic carbocycles. The molecule has 4 heteroatoms. The Hall–Kier alpha value is -1.58. The molecule has 0 bridgehead atoms. The lowest BCUT2D eigenvalue weighted by Crippen LogP contribution is -2.00. The smallest absolute Gasteiger partial charge is 0.201 e. The maximum Gasteiger partial charge on any atom is 0.201 e. The molecule has 0 radical (unpaired) electrons. The summed E-state index contributed by atoms with van der Waals surface area (Å²) in [6.07, 6.45) is 5.98. The molecule has 13 heavy (non-hydrogen) atoms. The van der Waals surface area contributed by atoms with Gasteiger partial charge in [0.2, 0.25) is 5.95 Å². The molecule has 1 aliphatic rings. The first kappa shape index (κ1) is 6.88. The van der Waals surface area contributed by atoms with E-state index in [-0.39, 0.29) is 0 Å². The zero-order valence-electron chi connectivity index (χ0n) is 7.14. The van der Waals surface area contributed by atoms with Gasteiger partial charge in [-0.15, -0.1) is 0 Å². The van der Waals surface area contributed by atoms with Crippen molar-refractivity contribution < 1.29 is 0 Å². The second-order valence-corrected chi connectivity index (χ2v) is 3.44. The van der Waals surface area contributed by atoms with Crippen molar-refractivity contribution in [1.29, 1.82) is 0 Å². The Balaban J connectivity index is 2.35. The third kappa shape index (κ3) is 0.915. The number of fused-ring (bicyclic) bond motifs is 1. The summed E-state index contributed by atoms with van der Waals surface area (Å²) in [5.74, 6) is 0.616. The zero-order chi connectivity index (χ0) is 8.84. The van der Waals surface area contributed by atoms with Crippen molar-refractivity contribution in [1.82, 2.24) is 14.5 Å². The third-order valence-electron chi connectivity index (χ3n) is 2.43. The second kappa shape index (κ2) is 2.22. The number of nitrogen functional groups attached to an aromatic ring is 1. The van der Waals surface area contributed by atoms with Crippen LogP contribution in [0.25, 0.3) is 11.0 Å². The molecule has 2 aromatic rings. The molecule has 66 valence electrons. The molecule has 0 atom stereocenters. The molecule has 0 aliphatic heterocycles. The Morgan fingerprint density at radius 1 is 1.46 bits per heavy atom. The van der Waals surface area contributed by atoms with Gasteiger partial charge in [0.05, 0.1) is 11.7 Å². The summed E-state index contributed by atoms with van der Waals surface area (Å²) in [6.45, 7) is 0. The van der Waals surface area contributed by atoms with Crippen LogP contribution in [0.2, 0.25) is 0 Å². The molecular weight excluding hydrogens is 164 g/mol. The number of imidazole rings is 1. The van der Waals surface area contributed by atoms with Gasteiger partial charge in [0.25, 0.3) is 0 Å². The Kier molecular flexibility index (Phi) is 1.17. The Morgan fingerprint density at radius 2 is 2.31 bits per heavy atom. The fourth-order valence-electron chi connectivity index (χ4n) is 1.69. The highest BCUT2D eigenvalue weighted by atomic mass is 15.2. The lowest BCUT2D eigenvalue weighted by molar-refractivity contribution is 0.779. The van der Waals surface area contributed by atoms with Gasteiger partial charge in [-0.25, -0.2) is 4.98 Å². The van der Waals surface area contributed by atoms with Gasteiger partial charge < -0.3 is 10.3 Å². The van der Waals surface area contributed by atoms with Gasteiger partial charge in [-0.3, -0.25) is 4.98 Å². The Labute approximate surface area is 75.4 Å². The molecular formula is C9H10N4. The molecule has 0 amide bonds. The van der Waals surface area contributed by atoms with Crippen molar-refractivity contribution in [2.45, 2.75) is 18.9 Å². The van der Waals surface area contributed by atoms with Gasteiger partial charge in [-0.05, 0) is 18.9 Å². The molecule has 0 saturated heterocycles. The predicted octanol–water partition coefficient (Wildman–Crippen LogP) is 1.35. The van der Waals surface area contributed by atoms with E-state index in [2.05, 4.69) is 14.5 Å². The highest BCUT2D eigenvalue weighted by Crippen LogP contribution is 2.39. The summed E-state index contributed by atoms with van der Waals surface area (Å²) < 4.78 is 2.11. The van der Waals surface area contributed by atoms with E-state index < -0.39 is 0 Å². The molecule has 0 spiro atoms. The number of pyridine rings is 1. The number of rotatable bonds is 1. The van der Waals surface area contributed by atoms with Gasteiger partial charge in [0.15, 0.2) is 0 Å². The van der Waals surface area contributed by atoms with E-state index in [0.717, 1.165) is 11.0 Å². The first-order valence-electron chi connectivity index (χ1n) is 4.43. The van der Waals surface area contributed by atoms with E-state index in [1.165, 1.54) is 12.8 Å². The van der Waals surface area contributed by atoms with E-state index >= 15 is 0 Å². The largest absolute Gasteiger partial charge is 0.369 e. The van der Waals surface area contributed by atoms with Crippen LogP contribution in [0.4, 0.5) is 5.95 Å². The monoisotopic (exact) mass is 174 g/mol. The maximum atomic E-state index is 5.82. The molecule has 2 N–H and O–H groups in total. The first-order chi connectivity index (χ1) is 6.36. The van der Waals surface area contributed by atoms with Crippen LogP contribution in [-0.2, 0) is 0 Å². The fraction of sp³-hybridized carbons (Fsp3) is 0.333. The van der Waals surface area contributed by atoms with Gasteiger partial charge in [-0.2, -0.15) is 0 Å². The molecule has 2 heterocycles. The average Bonchev–Trinajstić information content (AvgIpc) is 2.88. The minimum atomic E-state index is 0.576. The van der Waals surface area contributed by atoms with Crippen LogP contribution in [0, 0.1) is 0 Å². The molecule has 1 fully saturated rings. The van der Waals surface area contributed by atoms with Gasteiger partial charge in [0.1, 0.15) is 5.52 Å². The maximum absolute atomic E-state index is 5.82. The number of nitrogens with zero attached hydrogens (tertiary/aromatic N) is 3. The number of nitrogens with two attached hydrogens (primary N) is 1. The highest BCUT2D eigenvalue weighted by Gasteiger charge is 2.27. The van der Waals surface area contributed by atoms with Crippen LogP contribution in [0.5, 0.6) is 0 Å². The standard InChI is InChI=1S/C9H10N4/c10-9-12-7-5-11-4-3-8(7)13(9)6-1-2-6/h3-6H,1-2H2,(H2,10,12). The number of anilines is 1. The van der Waals surface area contributed by atoms with Crippen molar-refractivity contribution >= 4 is 17.0 Å². The average molecular weight is 174 g/mol. The number of hydrogen-bond acceptors (Lipinski definition) is 3. The molecule has 0 unspecified atom stereocenters. The third-order valence-corrected chi connectivity index (χ3v) is 2.43. The van der Waals surface area contributed by atoms with E-state index in [1.807, 2.05) is 6.07 Å². The summed E-state index contributed by atoms with van der Waals surface area (Å²) in [7, 11) is 0. The molecule has 0 aromatic carbocycles. The van der Waals surface area contributed by atoms with E-state index in [4.69, 9.17) is 5.73 Å². The van der Waals surface area contributed by atoms with Crippen molar-refractivity contribution in [3.8, 4) is 0 Å². The summed E-state index contributed by atoms with van der Waals surface area (Å²) in [6, 6.07) is 2.55. The van der Waals surface area contributed by atoms with Crippen LogP contribution >= 0.6 is 0 Å². The van der Waals surface area contributed by atoms with Crippen molar-refractivity contribution in [3.05, 3.63) is 18.5 Å². The van der Waals surface area contributed by atoms with Crippen molar-refractivity contribution in [3.63, 3.8) is 0 Å². The molecule has 3 rings (SSSR count). The van der Waals surface area contributed by atoms with E-state index in [1.54, 1.807) is 12.4 Å². The summed E-state index contributed by atoms with van der Waals surface area (Å²) >= 11 is 0. The molecule has 2 aromatic heterocycles. The highest BCUT2D eigenvalue weighted by molar-refractivity contribution is 5.77. The second-order valence-electron chi connectivity index (χ2n) is 3.44. The topological polar surface area (TPSA) is 56.7 Å². The first-order valence-corrected chi connectivity index (χ1v) is 4.43. The quantitative estimate of drug-likeness (QED) is 0.709. The van der Waals surface area contributed by atoms with Gasteiger partial charge >= 0.3 is 0 Å². The lowest BCUT2D eigenvalue weighted by atomic mass is 10.4. The van der Waals surface area contributed by atoms with E-state index in [0.29, 0.717) is 12.0 Å². The van der Waals surface area contributed by atoms with Crippen molar-refractivity contribution in [2.75, 3.05) is 5.73 Å². The Bertz CT molecular complexity index is 456. The van der Waals surface area contributed by atoms with Crippen molar-refractivity contribution in [2.24, 2.45) is 0 Å². The zero-order valence-corrected chi connectivity index (χ0v) is 7.14. The normalized spacial score (nSPS) is 16.6. The SMILES string of the molecule is Nc1nc2cnccc2n1C1CC1. The fourth-order valence-corrected chi connectivity index (χ4v) is 1.69. The molecule has 4 nitrogen and oxygen atoms in total. The lowest BCUT2D eigenvalue weighted by Gasteiger charge is -2.01. The van der Waals surface area contributed by atoms with E-state index in [9.17, 15) is 0 Å². The van der Waals surface area contributed by atoms with Crippen LogP contribution in [0.15, 0.2) is 18.5 Å². The summed E-state index contributed by atoms with van der Waals surface area (Å²) in [4.78, 5) is 8.27. The van der Waals surface area contributed by atoms with Gasteiger partial charge in [0, 0.05) is 12.2 Å². The minimum absolute atomic E-state index is 0.576.